The maximum Gasteiger partial charge on any atom is 0.410 e. The Morgan fingerprint density at radius 3 is 2.58 bits per heavy atom. The maximum atomic E-state index is 13.8. The highest BCUT2D eigenvalue weighted by molar-refractivity contribution is 5.96. The average molecular weight is 460 g/mol. The van der Waals surface area contributed by atoms with E-state index in [4.69, 9.17) is 9.47 Å². The van der Waals surface area contributed by atoms with E-state index in [0.29, 0.717) is 25.8 Å². The van der Waals surface area contributed by atoms with Gasteiger partial charge in [0.15, 0.2) is 0 Å². The Morgan fingerprint density at radius 1 is 1.24 bits per heavy atom. The lowest BCUT2D eigenvalue weighted by Crippen LogP contribution is -2.71. The van der Waals surface area contributed by atoms with Crippen molar-refractivity contribution in [1.82, 2.24) is 15.1 Å². The van der Waals surface area contributed by atoms with Gasteiger partial charge in [0.05, 0.1) is 0 Å². The van der Waals surface area contributed by atoms with Crippen molar-refractivity contribution in [2.45, 2.75) is 77.3 Å². The molecule has 0 radical (unpaired) electrons. The van der Waals surface area contributed by atoms with E-state index < -0.39 is 41.6 Å². The summed E-state index contributed by atoms with van der Waals surface area (Å²) in [5, 5.41) is 14.4. The smallest absolute Gasteiger partial charge is 0.410 e. The number of hydrogen-bond acceptors (Lipinski definition) is 6. The summed E-state index contributed by atoms with van der Waals surface area (Å²) in [7, 11) is 0. The Hall–Kier alpha value is -2.65. The normalized spacial score (nSPS) is 31.2. The molecular weight excluding hydrogens is 426 g/mol. The first-order valence-electron chi connectivity index (χ1n) is 11.7. The van der Waals surface area contributed by atoms with Gasteiger partial charge in [-0.3, -0.25) is 24.5 Å². The second-order valence-corrected chi connectivity index (χ2v) is 9.85. The van der Waals surface area contributed by atoms with E-state index >= 15 is 0 Å². The fourth-order valence-corrected chi connectivity index (χ4v) is 5.12. The van der Waals surface area contributed by atoms with Crippen LogP contribution in [0.4, 0.5) is 4.79 Å². The molecule has 0 aliphatic carbocycles. The Kier molecular flexibility index (Phi) is 6.13. The van der Waals surface area contributed by atoms with Crippen LogP contribution in [0.5, 0.6) is 0 Å². The third kappa shape index (κ3) is 3.87. The van der Waals surface area contributed by atoms with Crippen molar-refractivity contribution in [3.05, 3.63) is 35.9 Å². The summed E-state index contributed by atoms with van der Waals surface area (Å²) in [6.45, 7) is 7.89. The molecule has 3 amide bonds. The molecular formula is C24H33N3O6. The monoisotopic (exact) mass is 459 g/mol. The molecule has 4 rings (SSSR count). The van der Waals surface area contributed by atoms with Crippen LogP contribution in [0.2, 0.25) is 0 Å². The minimum absolute atomic E-state index is 0.0217. The van der Waals surface area contributed by atoms with Crippen LogP contribution >= 0.6 is 0 Å². The molecule has 9 nitrogen and oxygen atoms in total. The van der Waals surface area contributed by atoms with Gasteiger partial charge in [-0.15, -0.1) is 0 Å². The highest BCUT2D eigenvalue weighted by atomic mass is 16.7. The average Bonchev–Trinajstić information content (AvgIpc) is 3.34. The van der Waals surface area contributed by atoms with E-state index in [1.165, 1.54) is 4.90 Å². The number of rotatable bonds is 6. The third-order valence-corrected chi connectivity index (χ3v) is 6.77. The molecule has 0 aromatic heterocycles. The van der Waals surface area contributed by atoms with Crippen LogP contribution < -0.4 is 5.32 Å². The van der Waals surface area contributed by atoms with Crippen LogP contribution in [0.3, 0.4) is 0 Å². The van der Waals surface area contributed by atoms with E-state index in [0.717, 1.165) is 5.56 Å². The van der Waals surface area contributed by atoms with Crippen molar-refractivity contribution in [2.75, 3.05) is 6.54 Å². The van der Waals surface area contributed by atoms with Crippen LogP contribution in [0.25, 0.3) is 0 Å². The zero-order valence-electron chi connectivity index (χ0n) is 19.6. The zero-order chi connectivity index (χ0) is 24.0. The molecule has 33 heavy (non-hydrogen) atoms. The number of carbonyl (C=O) groups is 3. The predicted octanol–water partition coefficient (Wildman–Crippen LogP) is 2.19. The number of alkyl carbamates (subject to hydrolysis) is 1. The third-order valence-electron chi connectivity index (χ3n) is 6.77. The molecule has 1 aromatic carbocycles. The Balaban J connectivity index is 1.64. The van der Waals surface area contributed by atoms with E-state index in [9.17, 15) is 19.5 Å². The molecule has 2 N–H and O–H groups in total. The number of amides is 3. The number of fused-ring (bicyclic) bond motifs is 3. The Labute approximate surface area is 194 Å². The van der Waals surface area contributed by atoms with Crippen molar-refractivity contribution in [3.63, 3.8) is 0 Å². The molecule has 0 bridgehead atoms. The zero-order valence-corrected chi connectivity index (χ0v) is 19.6. The molecule has 1 unspecified atom stereocenters. The summed E-state index contributed by atoms with van der Waals surface area (Å²) in [5.41, 5.74) is -1.05. The van der Waals surface area contributed by atoms with Crippen LogP contribution in [0, 0.1) is 11.8 Å². The number of benzene rings is 1. The van der Waals surface area contributed by atoms with Gasteiger partial charge in [0.2, 0.25) is 11.6 Å². The first-order valence-corrected chi connectivity index (χ1v) is 11.7. The number of piperazine rings is 1. The largest absolute Gasteiger partial charge is 0.445 e. The molecule has 3 aliphatic heterocycles. The molecule has 3 saturated heterocycles. The molecule has 3 fully saturated rings. The molecule has 1 aromatic rings. The first-order chi connectivity index (χ1) is 15.6. The van der Waals surface area contributed by atoms with E-state index in [1.54, 1.807) is 18.7 Å². The van der Waals surface area contributed by atoms with Crippen molar-refractivity contribution < 1.29 is 29.0 Å². The molecule has 0 saturated carbocycles. The van der Waals surface area contributed by atoms with Crippen LogP contribution in [0.1, 0.15) is 52.5 Å². The lowest BCUT2D eigenvalue weighted by molar-refractivity contribution is -0.322. The molecule has 4 atom stereocenters. The van der Waals surface area contributed by atoms with Gasteiger partial charge < -0.3 is 14.7 Å². The first kappa shape index (κ1) is 23.5. The van der Waals surface area contributed by atoms with Crippen LogP contribution in [0.15, 0.2) is 30.3 Å². The van der Waals surface area contributed by atoms with E-state index in [2.05, 4.69) is 5.32 Å². The fourth-order valence-electron chi connectivity index (χ4n) is 5.12. The highest BCUT2D eigenvalue weighted by Crippen LogP contribution is 2.48. The van der Waals surface area contributed by atoms with Gasteiger partial charge in [-0.2, -0.15) is 0 Å². The number of ether oxygens (including phenoxy) is 2. The minimum Gasteiger partial charge on any atom is -0.445 e. The Morgan fingerprint density at radius 2 is 1.94 bits per heavy atom. The van der Waals surface area contributed by atoms with Gasteiger partial charge in [0.1, 0.15) is 18.7 Å². The van der Waals surface area contributed by atoms with Gasteiger partial charge in [0.25, 0.3) is 11.8 Å². The molecule has 3 aliphatic rings. The van der Waals surface area contributed by atoms with Crippen molar-refractivity contribution >= 4 is 17.9 Å². The van der Waals surface area contributed by atoms with Crippen molar-refractivity contribution in [2.24, 2.45) is 11.8 Å². The van der Waals surface area contributed by atoms with Crippen LogP contribution in [-0.2, 0) is 25.7 Å². The van der Waals surface area contributed by atoms with E-state index in [1.807, 2.05) is 44.2 Å². The summed E-state index contributed by atoms with van der Waals surface area (Å²) in [5.74, 6) is -3.25. The summed E-state index contributed by atoms with van der Waals surface area (Å²) in [6, 6.07) is 7.64. The standard InChI is InChI=1S/C24H33N3O6/c1-15(2)13-18-20(28)26-12-8-11-19(26)24(31)27(18)21(29)23(33-24,16(3)4)25-22(30)32-14-17-9-6-5-7-10-17/h5-7,9-10,15-16,18-19,31H,8,11-14H2,1-4H3,(H,25,30)/t18-,19?,23+,24-/m0/s1. The maximum absolute atomic E-state index is 13.8. The number of nitrogens with one attached hydrogen (secondary N) is 1. The van der Waals surface area contributed by atoms with Crippen molar-refractivity contribution in [1.29, 1.82) is 0 Å². The minimum atomic E-state index is -2.02. The van der Waals surface area contributed by atoms with Gasteiger partial charge in [-0.1, -0.05) is 58.0 Å². The Bertz CT molecular complexity index is 922. The number of nitrogens with zero attached hydrogens (tertiary/aromatic N) is 2. The summed E-state index contributed by atoms with van der Waals surface area (Å²) < 4.78 is 11.5. The van der Waals surface area contributed by atoms with Crippen LogP contribution in [-0.4, -0.2) is 63.1 Å². The molecule has 180 valence electrons. The molecule has 0 spiro atoms. The van der Waals surface area contributed by atoms with E-state index in [-0.39, 0.29) is 18.4 Å². The van der Waals surface area contributed by atoms with Gasteiger partial charge in [-0.05, 0) is 30.7 Å². The molecule has 3 heterocycles. The topological polar surface area (TPSA) is 108 Å². The highest BCUT2D eigenvalue weighted by Gasteiger charge is 2.71. The molecule has 9 heteroatoms. The lowest BCUT2D eigenvalue weighted by Gasteiger charge is -2.49. The number of carbonyl (C=O) groups excluding carboxylic acids is 3. The second kappa shape index (κ2) is 8.61. The lowest BCUT2D eigenvalue weighted by atomic mass is 9.93. The number of aliphatic hydroxyl groups is 1. The van der Waals surface area contributed by atoms with Crippen molar-refractivity contribution in [3.8, 4) is 0 Å². The summed E-state index contributed by atoms with van der Waals surface area (Å²) in [6.07, 6.45) is 0.762. The second-order valence-electron chi connectivity index (χ2n) is 9.85. The number of hydrogen-bond donors (Lipinski definition) is 2. The van der Waals surface area contributed by atoms with Gasteiger partial charge in [-0.25, -0.2) is 4.79 Å². The predicted molar refractivity (Wildman–Crippen MR) is 118 cm³/mol. The SMILES string of the molecule is CC(C)C[C@H]1C(=O)N2CCCC2[C@]2(O)O[C@](NC(=O)OCc3ccccc3)(C(C)C)C(=O)N12. The van der Waals surface area contributed by atoms with Gasteiger partial charge in [0, 0.05) is 12.5 Å². The summed E-state index contributed by atoms with van der Waals surface area (Å²) >= 11 is 0. The fraction of sp³-hybridized carbons (Fsp3) is 0.625. The quantitative estimate of drug-likeness (QED) is 0.675. The summed E-state index contributed by atoms with van der Waals surface area (Å²) in [4.78, 5) is 42.7. The van der Waals surface area contributed by atoms with Gasteiger partial charge >= 0.3 is 6.09 Å².